The van der Waals surface area contributed by atoms with Crippen molar-refractivity contribution in [3.05, 3.63) is 138 Å². The van der Waals surface area contributed by atoms with Crippen LogP contribution in [-0.4, -0.2) is 0 Å². The molecule has 3 heteroatoms. The lowest BCUT2D eigenvalue weighted by atomic mass is 9.98. The van der Waals surface area contributed by atoms with Gasteiger partial charge in [0.05, 0.1) is 5.56 Å². The van der Waals surface area contributed by atoms with Crippen LogP contribution in [0.25, 0.3) is 33.6 Å². The summed E-state index contributed by atoms with van der Waals surface area (Å²) in [5.41, 5.74) is 7.76. The quantitative estimate of drug-likeness (QED) is 0.269. The number of rotatable bonds is 5. The van der Waals surface area contributed by atoms with Crippen LogP contribution in [0.15, 0.2) is 128 Å². The first-order valence-electron chi connectivity index (χ1n) is 10.7. The van der Waals surface area contributed by atoms with Gasteiger partial charge in [-0.25, -0.2) is 0 Å². The highest BCUT2D eigenvalue weighted by Gasteiger charge is 2.23. The summed E-state index contributed by atoms with van der Waals surface area (Å²) in [6.45, 7) is 0.590. The predicted octanol–water partition coefficient (Wildman–Crippen LogP) is 5.66. The van der Waals surface area contributed by atoms with Crippen molar-refractivity contribution in [1.29, 1.82) is 0 Å². The van der Waals surface area contributed by atoms with Gasteiger partial charge in [0.25, 0.3) is 0 Å². The zero-order valence-corrected chi connectivity index (χ0v) is 17.6. The average molecular weight is 416 g/mol. The average Bonchev–Trinajstić information content (AvgIpc) is 2.86. The van der Waals surface area contributed by atoms with Crippen LogP contribution in [0.4, 0.5) is 0 Å². The maximum absolute atomic E-state index is 11.9. The summed E-state index contributed by atoms with van der Waals surface area (Å²) >= 11 is 0. The molecule has 5 rings (SSSR count). The van der Waals surface area contributed by atoms with Crippen molar-refractivity contribution in [2.45, 2.75) is 6.54 Å². The molecule has 2 aromatic heterocycles. The van der Waals surface area contributed by atoms with Crippen molar-refractivity contribution >= 4 is 0 Å². The Morgan fingerprint density at radius 2 is 1.03 bits per heavy atom. The fourth-order valence-electron chi connectivity index (χ4n) is 4.06. The van der Waals surface area contributed by atoms with E-state index in [9.17, 15) is 5.21 Å². The maximum Gasteiger partial charge on any atom is 0.213 e. The number of nitrogens with zero attached hydrogens (tertiary/aromatic N) is 2. The highest BCUT2D eigenvalue weighted by Crippen LogP contribution is 2.29. The second-order valence-electron chi connectivity index (χ2n) is 7.77. The molecule has 0 fully saturated rings. The van der Waals surface area contributed by atoms with Crippen LogP contribution in [0.2, 0.25) is 0 Å². The number of hydrogen-bond donors (Lipinski definition) is 0. The fourth-order valence-corrected chi connectivity index (χ4v) is 4.06. The number of hydrogen-bond acceptors (Lipinski definition) is 1. The largest absolute Gasteiger partial charge is 0.619 e. The Labute approximate surface area is 188 Å². The maximum atomic E-state index is 11.9. The van der Waals surface area contributed by atoms with E-state index < -0.39 is 0 Å². The Morgan fingerprint density at radius 3 is 1.53 bits per heavy atom. The molecule has 0 aliphatic rings. The lowest BCUT2D eigenvalue weighted by molar-refractivity contribution is -0.669. The summed E-state index contributed by atoms with van der Waals surface area (Å²) < 4.78 is 3.16. The molecule has 0 radical (unpaired) electrons. The third-order valence-corrected chi connectivity index (χ3v) is 5.59. The van der Waals surface area contributed by atoms with E-state index in [1.165, 1.54) is 11.8 Å². The van der Waals surface area contributed by atoms with Crippen molar-refractivity contribution in [2.24, 2.45) is 0 Å². The highest BCUT2D eigenvalue weighted by atomic mass is 16.5. The van der Waals surface area contributed by atoms with Crippen molar-refractivity contribution in [3.63, 3.8) is 0 Å². The van der Waals surface area contributed by atoms with Crippen LogP contribution in [0.5, 0.6) is 0 Å². The summed E-state index contributed by atoms with van der Waals surface area (Å²) in [5, 5.41) is 11.9. The van der Waals surface area contributed by atoms with Crippen LogP contribution in [-0.2, 0) is 6.54 Å². The van der Waals surface area contributed by atoms with E-state index >= 15 is 0 Å². The third kappa shape index (κ3) is 4.14. The third-order valence-electron chi connectivity index (χ3n) is 5.59. The number of aromatic nitrogens is 2. The second kappa shape index (κ2) is 8.86. The van der Waals surface area contributed by atoms with Gasteiger partial charge in [0.1, 0.15) is 0 Å². The van der Waals surface area contributed by atoms with Crippen molar-refractivity contribution in [3.8, 4) is 33.6 Å². The summed E-state index contributed by atoms with van der Waals surface area (Å²) in [6, 6.07) is 39.6. The fraction of sp³-hybridized carbons (Fsp3) is 0.0345. The second-order valence-corrected chi connectivity index (χ2v) is 7.77. The summed E-state index contributed by atoms with van der Waals surface area (Å²) in [5.74, 6) is 0. The molecule has 0 amide bonds. The first kappa shape index (κ1) is 19.7. The first-order chi connectivity index (χ1) is 15.8. The summed E-state index contributed by atoms with van der Waals surface area (Å²) in [4.78, 5) is 0. The van der Waals surface area contributed by atoms with E-state index in [1.807, 2.05) is 24.3 Å². The Kier molecular flexibility index (Phi) is 5.46. The van der Waals surface area contributed by atoms with Crippen molar-refractivity contribution < 1.29 is 9.30 Å². The van der Waals surface area contributed by atoms with Crippen molar-refractivity contribution in [1.82, 2.24) is 0 Å². The zero-order chi connectivity index (χ0) is 21.8. The molecule has 0 spiro atoms. The standard InChI is InChI=1S/C29H23N2O/c32-30-18-10-11-23(21-30)22-31-28(25-14-6-2-7-15-25)19-27(24-12-4-1-5-13-24)20-29(31)26-16-8-3-9-17-26/h1-21H,22H2/q+1. The molecule has 5 aromatic rings. The predicted molar refractivity (Wildman–Crippen MR) is 127 cm³/mol. The molecule has 0 saturated carbocycles. The molecule has 0 bridgehead atoms. The molecule has 0 atom stereocenters. The molecular weight excluding hydrogens is 392 g/mol. The molecule has 3 aromatic carbocycles. The Balaban J connectivity index is 1.79. The van der Waals surface area contributed by atoms with E-state index in [-0.39, 0.29) is 0 Å². The first-order valence-corrected chi connectivity index (χ1v) is 10.7. The van der Waals surface area contributed by atoms with E-state index in [2.05, 4.69) is 89.5 Å². The highest BCUT2D eigenvalue weighted by molar-refractivity contribution is 5.73. The van der Waals surface area contributed by atoms with Gasteiger partial charge >= 0.3 is 0 Å². The molecule has 3 nitrogen and oxygen atoms in total. The smallest absolute Gasteiger partial charge is 0.213 e. The van der Waals surface area contributed by atoms with Crippen molar-refractivity contribution in [2.75, 3.05) is 0 Å². The van der Waals surface area contributed by atoms with Gasteiger partial charge in [0.15, 0.2) is 18.9 Å². The Hall–Kier alpha value is -4.24. The summed E-state index contributed by atoms with van der Waals surface area (Å²) in [6.07, 6.45) is 3.16. The summed E-state index contributed by atoms with van der Waals surface area (Å²) in [7, 11) is 0. The van der Waals surface area contributed by atoms with E-state index in [0.717, 1.165) is 38.4 Å². The van der Waals surface area contributed by atoms with Crippen LogP contribution in [0, 0.1) is 5.21 Å². The van der Waals surface area contributed by atoms with Crippen LogP contribution in [0.1, 0.15) is 5.56 Å². The molecule has 0 saturated heterocycles. The van der Waals surface area contributed by atoms with Gasteiger partial charge in [-0.15, -0.1) is 0 Å². The molecule has 0 unspecified atom stereocenters. The van der Waals surface area contributed by atoms with E-state index in [4.69, 9.17) is 0 Å². The molecule has 0 N–H and O–H groups in total. The molecule has 0 aliphatic carbocycles. The number of pyridine rings is 2. The topological polar surface area (TPSA) is 30.8 Å². The Morgan fingerprint density at radius 1 is 0.531 bits per heavy atom. The van der Waals surface area contributed by atoms with Crippen LogP contribution in [0.3, 0.4) is 0 Å². The minimum atomic E-state index is 0.590. The van der Waals surface area contributed by atoms with Gasteiger partial charge in [-0.1, -0.05) is 66.7 Å². The van der Waals surface area contributed by atoms with Gasteiger partial charge in [-0.2, -0.15) is 9.30 Å². The van der Waals surface area contributed by atoms with Gasteiger partial charge in [-0.3, -0.25) is 0 Å². The Bertz CT molecular complexity index is 1270. The zero-order valence-electron chi connectivity index (χ0n) is 17.6. The normalized spacial score (nSPS) is 10.8. The molecule has 32 heavy (non-hydrogen) atoms. The lowest BCUT2D eigenvalue weighted by Gasteiger charge is -2.13. The number of benzene rings is 3. The van der Waals surface area contributed by atoms with Gasteiger partial charge < -0.3 is 5.21 Å². The van der Waals surface area contributed by atoms with Crippen LogP contribution < -0.4 is 9.30 Å². The van der Waals surface area contributed by atoms with E-state index in [0.29, 0.717) is 6.54 Å². The van der Waals surface area contributed by atoms with Crippen LogP contribution >= 0.6 is 0 Å². The minimum Gasteiger partial charge on any atom is -0.619 e. The molecule has 154 valence electrons. The lowest BCUT2D eigenvalue weighted by Crippen LogP contribution is -2.40. The minimum absolute atomic E-state index is 0.590. The van der Waals surface area contributed by atoms with Gasteiger partial charge in [0.2, 0.25) is 11.4 Å². The van der Waals surface area contributed by atoms with E-state index in [1.54, 1.807) is 12.3 Å². The molecule has 2 heterocycles. The van der Waals surface area contributed by atoms with Gasteiger partial charge in [0, 0.05) is 29.3 Å². The van der Waals surface area contributed by atoms with Gasteiger partial charge in [-0.05, 0) is 41.5 Å². The molecular formula is C29H23N2O+. The molecule has 0 aliphatic heterocycles. The monoisotopic (exact) mass is 415 g/mol. The SMILES string of the molecule is [O-][n+]1cccc(C[n+]2c(-c3ccccc3)cc(-c3ccccc3)cc2-c2ccccc2)c1.